The van der Waals surface area contributed by atoms with Crippen LogP contribution in [-0.2, 0) is 6.54 Å². The lowest BCUT2D eigenvalue weighted by atomic mass is 10.1. The third kappa shape index (κ3) is 3.66. The Kier molecular flexibility index (Phi) is 4.71. The van der Waals surface area contributed by atoms with Crippen molar-refractivity contribution in [3.8, 4) is 0 Å². The van der Waals surface area contributed by atoms with Gasteiger partial charge in [0, 0.05) is 33.5 Å². The summed E-state index contributed by atoms with van der Waals surface area (Å²) in [5.41, 5.74) is 1.08. The minimum Gasteiger partial charge on any atom is -0.381 e. The van der Waals surface area contributed by atoms with Gasteiger partial charge in [-0.3, -0.25) is 10.1 Å². The van der Waals surface area contributed by atoms with Gasteiger partial charge in [-0.1, -0.05) is 0 Å². The van der Waals surface area contributed by atoms with Gasteiger partial charge in [0.15, 0.2) is 0 Å². The SMILES string of the molecule is Cc1cc(I)ccc1NCc1cc([N+](=O)[O-])c(F)cc1F. The molecule has 1 N–H and O–H groups in total. The largest absolute Gasteiger partial charge is 0.381 e. The van der Waals surface area contributed by atoms with Crippen molar-refractivity contribution in [1.29, 1.82) is 0 Å². The van der Waals surface area contributed by atoms with Crippen molar-refractivity contribution in [2.24, 2.45) is 0 Å². The number of halogens is 3. The Labute approximate surface area is 133 Å². The molecule has 0 saturated carbocycles. The van der Waals surface area contributed by atoms with Crippen molar-refractivity contribution < 1.29 is 13.7 Å². The molecule has 21 heavy (non-hydrogen) atoms. The molecular formula is C14H11F2IN2O2. The minimum absolute atomic E-state index is 0.0361. The van der Waals surface area contributed by atoms with Crippen molar-refractivity contribution in [3.05, 3.63) is 66.8 Å². The molecule has 0 bridgehead atoms. The molecule has 0 aliphatic rings. The van der Waals surface area contributed by atoms with Crippen LogP contribution >= 0.6 is 22.6 Å². The van der Waals surface area contributed by atoms with E-state index in [1.54, 1.807) is 0 Å². The molecule has 0 aromatic heterocycles. The first-order valence-electron chi connectivity index (χ1n) is 6.01. The molecule has 0 heterocycles. The molecular weight excluding hydrogens is 393 g/mol. The number of benzene rings is 2. The van der Waals surface area contributed by atoms with Crippen LogP contribution in [0, 0.1) is 32.2 Å². The Balaban J connectivity index is 2.23. The second-order valence-electron chi connectivity index (χ2n) is 4.46. The molecule has 2 aromatic rings. The van der Waals surface area contributed by atoms with Crippen LogP contribution in [0.1, 0.15) is 11.1 Å². The maximum absolute atomic E-state index is 13.7. The highest BCUT2D eigenvalue weighted by Crippen LogP contribution is 2.23. The number of nitro benzene ring substituents is 1. The Hall–Kier alpha value is -1.77. The second kappa shape index (κ2) is 6.33. The fourth-order valence-corrected chi connectivity index (χ4v) is 2.52. The van der Waals surface area contributed by atoms with E-state index < -0.39 is 22.2 Å². The molecule has 0 fully saturated rings. The van der Waals surface area contributed by atoms with E-state index in [4.69, 9.17) is 0 Å². The van der Waals surface area contributed by atoms with Crippen LogP contribution in [0.15, 0.2) is 30.3 Å². The Morgan fingerprint density at radius 2 is 1.95 bits per heavy atom. The summed E-state index contributed by atoms with van der Waals surface area (Å²) >= 11 is 2.18. The molecule has 0 amide bonds. The molecule has 0 saturated heterocycles. The van der Waals surface area contributed by atoms with Gasteiger partial charge in [-0.05, 0) is 53.3 Å². The van der Waals surface area contributed by atoms with Gasteiger partial charge in [0.25, 0.3) is 0 Å². The Morgan fingerprint density at radius 3 is 2.57 bits per heavy atom. The molecule has 110 valence electrons. The smallest absolute Gasteiger partial charge is 0.305 e. The van der Waals surface area contributed by atoms with E-state index in [-0.39, 0.29) is 12.1 Å². The third-order valence-electron chi connectivity index (χ3n) is 2.97. The quantitative estimate of drug-likeness (QED) is 0.467. The summed E-state index contributed by atoms with van der Waals surface area (Å²) in [5.74, 6) is -1.99. The van der Waals surface area contributed by atoms with Crippen molar-refractivity contribution >= 4 is 34.0 Å². The number of nitrogens with one attached hydrogen (secondary N) is 1. The highest BCUT2D eigenvalue weighted by atomic mass is 127. The first-order valence-corrected chi connectivity index (χ1v) is 7.08. The van der Waals surface area contributed by atoms with Gasteiger partial charge in [-0.15, -0.1) is 0 Å². The molecule has 0 unspecified atom stereocenters. The standard InChI is InChI=1S/C14H11F2IN2O2/c1-8-4-10(17)2-3-13(8)18-7-9-5-14(19(20)21)12(16)6-11(9)15/h2-6,18H,7H2,1H3. The van der Waals surface area contributed by atoms with Gasteiger partial charge in [-0.25, -0.2) is 4.39 Å². The molecule has 0 radical (unpaired) electrons. The summed E-state index contributed by atoms with van der Waals surface area (Å²) in [4.78, 5) is 9.81. The van der Waals surface area contributed by atoms with E-state index in [2.05, 4.69) is 27.9 Å². The van der Waals surface area contributed by atoms with E-state index in [1.807, 2.05) is 25.1 Å². The molecule has 4 nitrogen and oxygen atoms in total. The van der Waals surface area contributed by atoms with Crippen LogP contribution in [-0.4, -0.2) is 4.92 Å². The molecule has 2 rings (SSSR count). The van der Waals surface area contributed by atoms with Gasteiger partial charge in [0.1, 0.15) is 5.82 Å². The van der Waals surface area contributed by atoms with Gasteiger partial charge >= 0.3 is 5.69 Å². The van der Waals surface area contributed by atoms with Crippen LogP contribution in [0.2, 0.25) is 0 Å². The average molecular weight is 404 g/mol. The van der Waals surface area contributed by atoms with Crippen molar-refractivity contribution in [3.63, 3.8) is 0 Å². The summed E-state index contributed by atoms with van der Waals surface area (Å²) in [5, 5.41) is 13.7. The number of rotatable bonds is 4. The topological polar surface area (TPSA) is 55.2 Å². The molecule has 0 atom stereocenters. The van der Waals surface area contributed by atoms with Gasteiger partial charge in [-0.2, -0.15) is 4.39 Å². The van der Waals surface area contributed by atoms with Crippen LogP contribution in [0.5, 0.6) is 0 Å². The molecule has 2 aromatic carbocycles. The van der Waals surface area contributed by atoms with E-state index in [0.717, 1.165) is 20.9 Å². The zero-order valence-electron chi connectivity index (χ0n) is 11.0. The lowest BCUT2D eigenvalue weighted by Gasteiger charge is -2.10. The Bertz CT molecular complexity index is 708. The molecule has 0 spiro atoms. The van der Waals surface area contributed by atoms with Gasteiger partial charge < -0.3 is 5.32 Å². The lowest BCUT2D eigenvalue weighted by Crippen LogP contribution is -2.05. The van der Waals surface area contributed by atoms with Crippen molar-refractivity contribution in [1.82, 2.24) is 0 Å². The summed E-state index contributed by atoms with van der Waals surface area (Å²) in [7, 11) is 0. The Morgan fingerprint density at radius 1 is 1.24 bits per heavy atom. The fourth-order valence-electron chi connectivity index (χ4n) is 1.87. The van der Waals surface area contributed by atoms with E-state index in [9.17, 15) is 18.9 Å². The lowest BCUT2D eigenvalue weighted by molar-refractivity contribution is -0.387. The number of nitrogens with zero attached hydrogens (tertiary/aromatic N) is 1. The zero-order chi connectivity index (χ0) is 15.6. The minimum atomic E-state index is -1.17. The fraction of sp³-hybridized carbons (Fsp3) is 0.143. The van der Waals surface area contributed by atoms with Crippen molar-refractivity contribution in [2.75, 3.05) is 5.32 Å². The van der Waals surface area contributed by atoms with Crippen LogP contribution in [0.25, 0.3) is 0 Å². The zero-order valence-corrected chi connectivity index (χ0v) is 13.1. The maximum Gasteiger partial charge on any atom is 0.305 e. The third-order valence-corrected chi connectivity index (χ3v) is 3.64. The number of hydrogen-bond acceptors (Lipinski definition) is 3. The summed E-state index contributed by atoms with van der Waals surface area (Å²) in [6.07, 6.45) is 0. The van der Waals surface area contributed by atoms with Crippen LogP contribution < -0.4 is 5.32 Å². The normalized spacial score (nSPS) is 10.5. The highest BCUT2D eigenvalue weighted by molar-refractivity contribution is 14.1. The molecule has 0 aliphatic heterocycles. The monoisotopic (exact) mass is 404 g/mol. The van der Waals surface area contributed by atoms with Gasteiger partial charge in [0.2, 0.25) is 5.82 Å². The van der Waals surface area contributed by atoms with E-state index >= 15 is 0 Å². The van der Waals surface area contributed by atoms with Gasteiger partial charge in [0.05, 0.1) is 4.92 Å². The number of nitro groups is 1. The summed E-state index contributed by atoms with van der Waals surface area (Å²) < 4.78 is 28.0. The number of anilines is 1. The predicted molar refractivity (Wildman–Crippen MR) is 84.2 cm³/mol. The second-order valence-corrected chi connectivity index (χ2v) is 5.71. The highest BCUT2D eigenvalue weighted by Gasteiger charge is 2.18. The predicted octanol–water partition coefficient (Wildman–Crippen LogP) is 4.40. The molecule has 7 heteroatoms. The summed E-state index contributed by atoms with van der Waals surface area (Å²) in [6, 6.07) is 7.13. The van der Waals surface area contributed by atoms with Crippen molar-refractivity contribution in [2.45, 2.75) is 13.5 Å². The van der Waals surface area contributed by atoms with E-state index in [1.165, 1.54) is 0 Å². The van der Waals surface area contributed by atoms with Crippen LogP contribution in [0.4, 0.5) is 20.2 Å². The first kappa shape index (κ1) is 15.6. The number of hydrogen-bond donors (Lipinski definition) is 1. The first-order chi connectivity index (χ1) is 9.88. The number of aryl methyl sites for hydroxylation is 1. The molecule has 0 aliphatic carbocycles. The van der Waals surface area contributed by atoms with E-state index in [0.29, 0.717) is 6.07 Å². The summed E-state index contributed by atoms with van der Waals surface area (Å²) in [6.45, 7) is 1.93. The average Bonchev–Trinajstić information content (AvgIpc) is 2.39. The van der Waals surface area contributed by atoms with Crippen LogP contribution in [0.3, 0.4) is 0 Å². The maximum atomic E-state index is 13.7.